The van der Waals surface area contributed by atoms with E-state index in [1.54, 1.807) is 6.21 Å². The molecule has 2 aromatic carbocycles. The van der Waals surface area contributed by atoms with Crippen molar-refractivity contribution < 1.29 is 17.5 Å². The first-order valence-corrected chi connectivity index (χ1v) is 10.9. The second kappa shape index (κ2) is 8.06. The van der Waals surface area contributed by atoms with Gasteiger partial charge in [-0.2, -0.15) is 13.5 Å². The van der Waals surface area contributed by atoms with Crippen LogP contribution >= 0.6 is 0 Å². The molecule has 0 fully saturated rings. The van der Waals surface area contributed by atoms with Gasteiger partial charge in [0.2, 0.25) is 0 Å². The Morgan fingerprint density at radius 3 is 1.97 bits per heavy atom. The molecule has 0 saturated heterocycles. The minimum absolute atomic E-state index is 0.246. The summed E-state index contributed by atoms with van der Waals surface area (Å²) in [6.45, 7) is 0.507. The highest BCUT2D eigenvalue weighted by molar-refractivity contribution is 7.85. The summed E-state index contributed by atoms with van der Waals surface area (Å²) in [6, 6.07) is 20.1. The van der Waals surface area contributed by atoms with Gasteiger partial charge in [-0.05, 0) is 11.1 Å². The fourth-order valence-electron chi connectivity index (χ4n) is 3.39. The van der Waals surface area contributed by atoms with Crippen molar-refractivity contribution in [1.82, 2.24) is 0 Å². The highest BCUT2D eigenvalue weighted by Crippen LogP contribution is 2.36. The number of nitrogens with zero attached hydrogens (tertiary/aromatic N) is 3. The molecule has 0 bridgehead atoms. The number of benzene rings is 2. The van der Waals surface area contributed by atoms with Crippen LogP contribution in [0, 0.1) is 0 Å². The lowest BCUT2D eigenvalue weighted by atomic mass is 10.1. The standard InChI is InChI=1S/C22H19N3O3S/c26-29(27,28)15-5-12-25-13-10-17(11-14-25)16-23-24-22-20-8-3-1-6-18(20)19-7-2-4-9-21(19)22/h1-4,6-11,13-14,16H,5,12,15H2/p+1. The number of fused-ring (bicyclic) bond motifs is 3. The molecule has 0 aliphatic heterocycles. The number of aryl methyl sites for hydroxylation is 1. The van der Waals surface area contributed by atoms with Crippen LogP contribution in [0.5, 0.6) is 0 Å². The highest BCUT2D eigenvalue weighted by atomic mass is 32.2. The quantitative estimate of drug-likeness (QED) is 0.231. The summed E-state index contributed by atoms with van der Waals surface area (Å²) in [7, 11) is -3.91. The van der Waals surface area contributed by atoms with Gasteiger partial charge in [0.05, 0.1) is 12.0 Å². The first-order valence-electron chi connectivity index (χ1n) is 9.26. The van der Waals surface area contributed by atoms with Crippen LogP contribution in [0.3, 0.4) is 0 Å². The highest BCUT2D eigenvalue weighted by Gasteiger charge is 2.23. The van der Waals surface area contributed by atoms with Gasteiger partial charge >= 0.3 is 0 Å². The molecule has 0 amide bonds. The van der Waals surface area contributed by atoms with Crippen LogP contribution in [0.25, 0.3) is 11.1 Å². The van der Waals surface area contributed by atoms with Gasteiger partial charge in [-0.1, -0.05) is 48.5 Å². The Labute approximate surface area is 169 Å². The molecule has 0 spiro atoms. The molecule has 0 atom stereocenters. The second-order valence-corrected chi connectivity index (χ2v) is 8.37. The fraction of sp³-hybridized carbons (Fsp3) is 0.136. The van der Waals surface area contributed by atoms with Gasteiger partial charge in [-0.15, -0.1) is 5.10 Å². The third-order valence-corrected chi connectivity index (χ3v) is 5.56. The zero-order chi connectivity index (χ0) is 20.3. The van der Waals surface area contributed by atoms with Crippen LogP contribution in [-0.2, 0) is 16.7 Å². The van der Waals surface area contributed by atoms with Crippen molar-refractivity contribution in [2.45, 2.75) is 13.0 Å². The molecule has 0 unspecified atom stereocenters. The van der Waals surface area contributed by atoms with Crippen LogP contribution in [0.1, 0.15) is 23.1 Å². The second-order valence-electron chi connectivity index (χ2n) is 6.79. The maximum Gasteiger partial charge on any atom is 0.265 e. The molecular weight excluding hydrogens is 386 g/mol. The average Bonchev–Trinajstić information content (AvgIpc) is 3.03. The summed E-state index contributed by atoms with van der Waals surface area (Å²) < 4.78 is 32.2. The predicted molar refractivity (Wildman–Crippen MR) is 113 cm³/mol. The van der Waals surface area contributed by atoms with Crippen molar-refractivity contribution in [3.05, 3.63) is 89.7 Å². The van der Waals surface area contributed by atoms with Crippen LogP contribution in [0.15, 0.2) is 83.3 Å². The topological polar surface area (TPSA) is 83.0 Å². The Hall–Kier alpha value is -3.16. The maximum absolute atomic E-state index is 10.8. The lowest BCUT2D eigenvalue weighted by Crippen LogP contribution is -2.33. The molecule has 3 aromatic rings. The molecular formula is C22H20N3O3S+. The predicted octanol–water partition coefficient (Wildman–Crippen LogP) is 3.10. The molecule has 1 aromatic heterocycles. The van der Waals surface area contributed by atoms with Crippen LogP contribution in [-0.4, -0.2) is 30.6 Å². The van der Waals surface area contributed by atoms with Crippen LogP contribution < -0.4 is 4.57 Å². The van der Waals surface area contributed by atoms with Gasteiger partial charge < -0.3 is 0 Å². The van der Waals surface area contributed by atoms with E-state index >= 15 is 0 Å². The molecule has 29 heavy (non-hydrogen) atoms. The fourth-order valence-corrected chi connectivity index (χ4v) is 3.88. The van der Waals surface area contributed by atoms with Crippen molar-refractivity contribution >= 4 is 22.0 Å². The minimum atomic E-state index is -3.91. The Morgan fingerprint density at radius 2 is 1.41 bits per heavy atom. The summed E-state index contributed by atoms with van der Waals surface area (Å²) in [4.78, 5) is 0. The van der Waals surface area contributed by atoms with E-state index in [4.69, 9.17) is 4.55 Å². The van der Waals surface area contributed by atoms with E-state index < -0.39 is 10.1 Å². The molecule has 146 valence electrons. The monoisotopic (exact) mass is 406 g/mol. The average molecular weight is 406 g/mol. The van der Waals surface area contributed by atoms with E-state index in [0.29, 0.717) is 13.0 Å². The van der Waals surface area contributed by atoms with Crippen molar-refractivity contribution in [2.24, 2.45) is 10.2 Å². The Bertz CT molecular complexity index is 1150. The summed E-state index contributed by atoms with van der Waals surface area (Å²) in [5.74, 6) is -0.246. The molecule has 1 heterocycles. The smallest absolute Gasteiger partial charge is 0.265 e. The maximum atomic E-state index is 10.8. The summed E-state index contributed by atoms with van der Waals surface area (Å²) in [5.41, 5.74) is 6.25. The van der Waals surface area contributed by atoms with Gasteiger partial charge in [-0.3, -0.25) is 4.55 Å². The van der Waals surface area contributed by atoms with Crippen molar-refractivity contribution in [2.75, 3.05) is 5.75 Å². The van der Waals surface area contributed by atoms with Crippen LogP contribution in [0.2, 0.25) is 0 Å². The first-order chi connectivity index (χ1) is 14.0. The van der Waals surface area contributed by atoms with Crippen LogP contribution in [0.4, 0.5) is 0 Å². The molecule has 4 rings (SSSR count). The molecule has 0 saturated carbocycles. The van der Waals surface area contributed by atoms with Crippen molar-refractivity contribution in [1.29, 1.82) is 0 Å². The van der Waals surface area contributed by atoms with Gasteiger partial charge in [0.15, 0.2) is 12.4 Å². The summed E-state index contributed by atoms with van der Waals surface area (Å²) in [6.07, 6.45) is 5.74. The van der Waals surface area contributed by atoms with E-state index in [1.165, 1.54) is 11.1 Å². The van der Waals surface area contributed by atoms with E-state index in [1.807, 2.05) is 53.4 Å². The van der Waals surface area contributed by atoms with E-state index in [0.717, 1.165) is 22.4 Å². The molecule has 6 nitrogen and oxygen atoms in total. The third kappa shape index (κ3) is 4.47. The van der Waals surface area contributed by atoms with Gasteiger partial charge in [0.25, 0.3) is 10.1 Å². The van der Waals surface area contributed by atoms with Gasteiger partial charge in [0, 0.05) is 35.2 Å². The Kier molecular flexibility index (Phi) is 5.33. The minimum Gasteiger partial charge on any atom is -0.286 e. The molecule has 7 heteroatoms. The normalized spacial score (nSPS) is 12.8. The molecule has 1 aliphatic carbocycles. The largest absolute Gasteiger partial charge is 0.286 e. The van der Waals surface area contributed by atoms with E-state index in [9.17, 15) is 8.42 Å². The number of rotatable bonds is 6. The van der Waals surface area contributed by atoms with Crippen molar-refractivity contribution in [3.8, 4) is 11.1 Å². The molecule has 1 N–H and O–H groups in total. The number of hydrogen-bond acceptors (Lipinski definition) is 4. The SMILES string of the molecule is O=S(=O)(O)CCC[n+]1ccc(/C=N/N=C2c3ccccc3-c3ccccc32)cc1. The number of aromatic nitrogens is 1. The summed E-state index contributed by atoms with van der Waals surface area (Å²) >= 11 is 0. The number of hydrogen-bond donors (Lipinski definition) is 1. The molecule has 1 aliphatic rings. The summed E-state index contributed by atoms with van der Waals surface area (Å²) in [5, 5.41) is 8.77. The Morgan fingerprint density at radius 1 is 0.862 bits per heavy atom. The van der Waals surface area contributed by atoms with Gasteiger partial charge in [0.1, 0.15) is 12.3 Å². The van der Waals surface area contributed by atoms with E-state index in [2.05, 4.69) is 34.5 Å². The molecule has 0 radical (unpaired) electrons. The zero-order valence-electron chi connectivity index (χ0n) is 15.6. The lowest BCUT2D eigenvalue weighted by Gasteiger charge is -1.98. The first kappa shape index (κ1) is 19.2. The van der Waals surface area contributed by atoms with E-state index in [-0.39, 0.29) is 5.75 Å². The number of pyridine rings is 1. The van der Waals surface area contributed by atoms with Crippen molar-refractivity contribution in [3.63, 3.8) is 0 Å². The van der Waals surface area contributed by atoms with Gasteiger partial charge in [-0.25, -0.2) is 4.57 Å². The third-order valence-electron chi connectivity index (χ3n) is 4.75. The zero-order valence-corrected chi connectivity index (χ0v) is 16.5. The Balaban J connectivity index is 1.49. The lowest BCUT2D eigenvalue weighted by molar-refractivity contribution is -0.696.